The number of H-pyrrole nitrogens is 1. The fourth-order valence-electron chi connectivity index (χ4n) is 2.45. The van der Waals surface area contributed by atoms with Crippen molar-refractivity contribution in [2.75, 3.05) is 18.2 Å². The summed E-state index contributed by atoms with van der Waals surface area (Å²) in [6.45, 7) is 1.99. The number of carbonyl (C=O) groups excluding carboxylic acids is 1. The molecule has 0 radical (unpaired) electrons. The predicted octanol–water partition coefficient (Wildman–Crippen LogP) is 3.43. The molecule has 9 nitrogen and oxygen atoms in total. The smallest absolute Gasteiger partial charge is 0.273 e. The van der Waals surface area contributed by atoms with Crippen molar-refractivity contribution in [3.05, 3.63) is 58.1 Å². The monoisotopic (exact) mass is 399 g/mol. The van der Waals surface area contributed by atoms with Gasteiger partial charge in [0.1, 0.15) is 5.75 Å². The maximum absolute atomic E-state index is 12.2. The van der Waals surface area contributed by atoms with Crippen molar-refractivity contribution in [3.63, 3.8) is 0 Å². The second-order valence-electron chi connectivity index (χ2n) is 5.81. The normalized spacial score (nSPS) is 10.5. The Labute approximate surface area is 164 Å². The minimum absolute atomic E-state index is 0.0747. The highest BCUT2D eigenvalue weighted by Crippen LogP contribution is 2.29. The molecule has 3 rings (SSSR count). The molecule has 2 N–H and O–H groups in total. The molecule has 0 bridgehead atoms. The van der Waals surface area contributed by atoms with Crippen LogP contribution in [-0.4, -0.2) is 38.9 Å². The lowest BCUT2D eigenvalue weighted by atomic mass is 10.1. The molecule has 0 unspecified atom stereocenters. The second-order valence-corrected chi connectivity index (χ2v) is 6.76. The fraction of sp³-hybridized carbons (Fsp3) is 0.167. The summed E-state index contributed by atoms with van der Waals surface area (Å²) in [4.78, 5) is 26.9. The number of nitro groups is 1. The van der Waals surface area contributed by atoms with E-state index in [4.69, 9.17) is 4.74 Å². The first-order valence-corrected chi connectivity index (χ1v) is 9.19. The standard InChI is InChI=1S/C18H17N5O4S/c1-11-4-3-5-12(8-11)17-20-18(22-21-17)28-10-16(24)19-14-7-6-13(23(25)26)9-15(14)27-2/h3-9H,10H2,1-2H3,(H,19,24)(H,20,21,22). The van der Waals surface area contributed by atoms with Crippen molar-refractivity contribution in [1.82, 2.24) is 15.2 Å². The van der Waals surface area contributed by atoms with Crippen molar-refractivity contribution >= 4 is 29.0 Å². The summed E-state index contributed by atoms with van der Waals surface area (Å²) in [5.41, 5.74) is 2.27. The summed E-state index contributed by atoms with van der Waals surface area (Å²) in [5, 5.41) is 20.9. The molecular weight excluding hydrogens is 382 g/mol. The van der Waals surface area contributed by atoms with Gasteiger partial charge in [-0.25, -0.2) is 4.98 Å². The number of amides is 1. The van der Waals surface area contributed by atoms with Gasteiger partial charge in [-0.1, -0.05) is 35.5 Å². The average molecular weight is 399 g/mol. The predicted molar refractivity (Wildman–Crippen MR) is 106 cm³/mol. The van der Waals surface area contributed by atoms with Gasteiger partial charge >= 0.3 is 0 Å². The van der Waals surface area contributed by atoms with Crippen LogP contribution in [0.1, 0.15) is 5.56 Å². The Bertz CT molecular complexity index is 1020. The van der Waals surface area contributed by atoms with Crippen molar-refractivity contribution in [3.8, 4) is 17.1 Å². The third kappa shape index (κ3) is 4.65. The largest absolute Gasteiger partial charge is 0.494 e. The molecule has 0 saturated heterocycles. The van der Waals surface area contributed by atoms with E-state index in [1.165, 1.54) is 37.1 Å². The molecule has 10 heteroatoms. The molecule has 0 fully saturated rings. The molecule has 1 heterocycles. The van der Waals surface area contributed by atoms with Crippen molar-refractivity contribution in [2.24, 2.45) is 0 Å². The number of nitro benzene ring substituents is 1. The molecule has 0 aliphatic rings. The van der Waals surface area contributed by atoms with Gasteiger partial charge in [-0.15, -0.1) is 5.10 Å². The molecule has 0 aliphatic carbocycles. The molecule has 2 aromatic carbocycles. The molecule has 28 heavy (non-hydrogen) atoms. The average Bonchev–Trinajstić information content (AvgIpc) is 3.15. The lowest BCUT2D eigenvalue weighted by Crippen LogP contribution is -2.14. The van der Waals surface area contributed by atoms with E-state index in [1.807, 2.05) is 31.2 Å². The summed E-state index contributed by atoms with van der Waals surface area (Å²) >= 11 is 1.17. The van der Waals surface area contributed by atoms with Gasteiger partial charge in [0.15, 0.2) is 5.82 Å². The van der Waals surface area contributed by atoms with Gasteiger partial charge in [0.05, 0.1) is 29.5 Å². The first kappa shape index (κ1) is 19.4. The first-order valence-electron chi connectivity index (χ1n) is 8.21. The molecule has 1 amide bonds. The van der Waals surface area contributed by atoms with Gasteiger partial charge in [-0.3, -0.25) is 20.0 Å². The number of hydrogen-bond acceptors (Lipinski definition) is 7. The van der Waals surface area contributed by atoms with Crippen LogP contribution in [0.15, 0.2) is 47.6 Å². The highest BCUT2D eigenvalue weighted by Gasteiger charge is 2.14. The number of non-ortho nitro benzene ring substituents is 1. The van der Waals surface area contributed by atoms with E-state index in [-0.39, 0.29) is 23.1 Å². The van der Waals surface area contributed by atoms with Gasteiger partial charge in [0, 0.05) is 11.6 Å². The number of ether oxygens (including phenoxy) is 1. The van der Waals surface area contributed by atoms with E-state index in [1.54, 1.807) is 0 Å². The maximum Gasteiger partial charge on any atom is 0.273 e. The van der Waals surface area contributed by atoms with E-state index in [0.29, 0.717) is 16.7 Å². The van der Waals surface area contributed by atoms with Crippen LogP contribution in [0, 0.1) is 17.0 Å². The van der Waals surface area contributed by atoms with Crippen molar-refractivity contribution in [2.45, 2.75) is 12.1 Å². The topological polar surface area (TPSA) is 123 Å². The number of benzene rings is 2. The summed E-state index contributed by atoms with van der Waals surface area (Å²) < 4.78 is 5.11. The Morgan fingerprint density at radius 1 is 1.32 bits per heavy atom. The number of rotatable bonds is 7. The van der Waals surface area contributed by atoms with Gasteiger partial charge in [0.25, 0.3) is 5.69 Å². The van der Waals surface area contributed by atoms with Gasteiger partial charge < -0.3 is 10.1 Å². The first-order chi connectivity index (χ1) is 13.5. The number of aromatic nitrogens is 3. The van der Waals surface area contributed by atoms with Crippen LogP contribution < -0.4 is 10.1 Å². The number of methoxy groups -OCH3 is 1. The third-order valence-corrected chi connectivity index (χ3v) is 4.61. The van der Waals surface area contributed by atoms with Crippen LogP contribution in [0.5, 0.6) is 5.75 Å². The van der Waals surface area contributed by atoms with Crippen LogP contribution >= 0.6 is 11.8 Å². The molecule has 1 aromatic heterocycles. The van der Waals surface area contributed by atoms with Crippen molar-refractivity contribution in [1.29, 1.82) is 0 Å². The lowest BCUT2D eigenvalue weighted by Gasteiger charge is -2.09. The zero-order valence-electron chi connectivity index (χ0n) is 15.1. The van der Waals surface area contributed by atoms with Crippen molar-refractivity contribution < 1.29 is 14.5 Å². The number of anilines is 1. The van der Waals surface area contributed by atoms with Crippen LogP contribution in [0.2, 0.25) is 0 Å². The number of aryl methyl sites for hydroxylation is 1. The Morgan fingerprint density at radius 2 is 2.14 bits per heavy atom. The number of carbonyl (C=O) groups is 1. The highest BCUT2D eigenvalue weighted by molar-refractivity contribution is 7.99. The maximum atomic E-state index is 12.2. The number of aromatic amines is 1. The van der Waals surface area contributed by atoms with Gasteiger partial charge in [0.2, 0.25) is 11.1 Å². The number of nitrogens with zero attached hydrogens (tertiary/aromatic N) is 3. The Kier molecular flexibility index (Phi) is 5.90. The summed E-state index contributed by atoms with van der Waals surface area (Å²) in [6.07, 6.45) is 0. The molecule has 144 valence electrons. The van der Waals surface area contributed by atoms with E-state index in [2.05, 4.69) is 20.5 Å². The van der Waals surface area contributed by atoms with Crippen LogP contribution in [0.3, 0.4) is 0 Å². The molecule has 0 saturated carbocycles. The lowest BCUT2D eigenvalue weighted by molar-refractivity contribution is -0.384. The summed E-state index contributed by atoms with van der Waals surface area (Å²) in [6, 6.07) is 11.8. The van der Waals surface area contributed by atoms with Crippen LogP contribution in [-0.2, 0) is 4.79 Å². The minimum Gasteiger partial charge on any atom is -0.494 e. The van der Waals surface area contributed by atoms with Crippen LogP contribution in [0.4, 0.5) is 11.4 Å². The Morgan fingerprint density at radius 3 is 2.86 bits per heavy atom. The van der Waals surface area contributed by atoms with Gasteiger partial charge in [-0.2, -0.15) is 0 Å². The van der Waals surface area contributed by atoms with E-state index in [0.717, 1.165) is 11.1 Å². The zero-order chi connectivity index (χ0) is 20.1. The molecule has 0 spiro atoms. The number of thioether (sulfide) groups is 1. The van der Waals surface area contributed by atoms with E-state index in [9.17, 15) is 14.9 Å². The Hall–Kier alpha value is -3.40. The molecule has 0 atom stereocenters. The highest BCUT2D eigenvalue weighted by atomic mass is 32.2. The summed E-state index contributed by atoms with van der Waals surface area (Å²) in [5.74, 6) is 0.612. The van der Waals surface area contributed by atoms with E-state index < -0.39 is 4.92 Å². The fourth-order valence-corrected chi connectivity index (χ4v) is 3.04. The summed E-state index contributed by atoms with van der Waals surface area (Å²) in [7, 11) is 1.38. The number of hydrogen-bond donors (Lipinski definition) is 2. The zero-order valence-corrected chi connectivity index (χ0v) is 15.9. The van der Waals surface area contributed by atoms with Crippen LogP contribution in [0.25, 0.3) is 11.4 Å². The number of nitrogens with one attached hydrogen (secondary N) is 2. The Balaban J connectivity index is 1.61. The third-order valence-electron chi connectivity index (χ3n) is 3.76. The minimum atomic E-state index is -0.529. The second kappa shape index (κ2) is 8.53. The molecule has 3 aromatic rings. The quantitative estimate of drug-likeness (QED) is 0.354. The SMILES string of the molecule is COc1cc([N+](=O)[O-])ccc1NC(=O)CSc1n[nH]c(-c2cccc(C)c2)n1. The van der Waals surface area contributed by atoms with E-state index >= 15 is 0 Å². The molecule has 0 aliphatic heterocycles. The molecular formula is C18H17N5O4S. The van der Waals surface area contributed by atoms with Gasteiger partial charge in [-0.05, 0) is 19.1 Å².